The first-order valence-electron chi connectivity index (χ1n) is 13.6. The maximum Gasteiger partial charge on any atom is 0.123 e. The van der Waals surface area contributed by atoms with E-state index in [4.69, 9.17) is 0 Å². The Morgan fingerprint density at radius 3 is 2.32 bits per heavy atom. The van der Waals surface area contributed by atoms with Crippen LogP contribution in [-0.4, -0.2) is 6.29 Å². The molecule has 0 N–H and O–H groups in total. The number of hydrogen-bond donors (Lipinski definition) is 0. The number of fused-ring (bicyclic) bond motifs is 7. The monoisotopic (exact) mass is 424 g/mol. The Balaban J connectivity index is 1.61. The third-order valence-electron chi connectivity index (χ3n) is 12.9. The molecule has 174 valence electrons. The van der Waals surface area contributed by atoms with Gasteiger partial charge in [0.25, 0.3) is 0 Å². The first-order chi connectivity index (χ1) is 14.4. The molecule has 0 bridgehead atoms. The van der Waals surface area contributed by atoms with Crippen LogP contribution in [0, 0.1) is 56.7 Å². The van der Waals surface area contributed by atoms with Crippen molar-refractivity contribution in [2.45, 2.75) is 113 Å². The van der Waals surface area contributed by atoms with E-state index in [1.54, 1.807) is 5.57 Å². The average Bonchev–Trinajstić information content (AvgIpc) is 2.69. The smallest absolute Gasteiger partial charge is 0.123 e. The summed E-state index contributed by atoms with van der Waals surface area (Å²) >= 11 is 0. The van der Waals surface area contributed by atoms with Crippen LogP contribution in [0.5, 0.6) is 0 Å². The molecule has 4 saturated carbocycles. The lowest BCUT2D eigenvalue weighted by molar-refractivity contribution is -0.181. The van der Waals surface area contributed by atoms with Crippen LogP contribution in [0.1, 0.15) is 113 Å². The van der Waals surface area contributed by atoms with E-state index < -0.39 is 0 Å². The van der Waals surface area contributed by atoms with Crippen LogP contribution in [0.4, 0.5) is 0 Å². The molecule has 9 atom stereocenters. The van der Waals surface area contributed by atoms with Crippen LogP contribution in [-0.2, 0) is 4.79 Å². The van der Waals surface area contributed by atoms with Crippen molar-refractivity contribution >= 4 is 6.29 Å². The zero-order valence-corrected chi connectivity index (χ0v) is 21.5. The van der Waals surface area contributed by atoms with Crippen molar-refractivity contribution in [1.82, 2.24) is 0 Å². The summed E-state index contributed by atoms with van der Waals surface area (Å²) in [5.41, 5.74) is 3.68. The van der Waals surface area contributed by atoms with Crippen molar-refractivity contribution in [2.24, 2.45) is 56.7 Å². The second-order valence-electron chi connectivity index (χ2n) is 14.5. The van der Waals surface area contributed by atoms with Gasteiger partial charge in [-0.15, -0.1) is 0 Å². The SMILES string of the molecule is C[C@@H]1CC[C@]2(C)CC[C@]3(C)C(=CC[C@@H]4[C@@]5(C)CCCC(C)(C)[C@@H]5CC[C@]43C)[C@@H]2[C@H]1C=O. The van der Waals surface area contributed by atoms with Gasteiger partial charge >= 0.3 is 0 Å². The quantitative estimate of drug-likeness (QED) is 0.306. The Morgan fingerprint density at radius 2 is 1.61 bits per heavy atom. The van der Waals surface area contributed by atoms with Crippen LogP contribution in [0.2, 0.25) is 0 Å². The first-order valence-corrected chi connectivity index (χ1v) is 13.6. The van der Waals surface area contributed by atoms with Crippen molar-refractivity contribution in [3.05, 3.63) is 11.6 Å². The molecule has 1 nitrogen and oxygen atoms in total. The van der Waals surface area contributed by atoms with Gasteiger partial charge < -0.3 is 4.79 Å². The molecule has 0 radical (unpaired) electrons. The lowest BCUT2D eigenvalue weighted by Crippen LogP contribution is -2.63. The summed E-state index contributed by atoms with van der Waals surface area (Å²) < 4.78 is 0. The highest BCUT2D eigenvalue weighted by Crippen LogP contribution is 2.75. The second-order valence-corrected chi connectivity index (χ2v) is 14.5. The van der Waals surface area contributed by atoms with Crippen LogP contribution >= 0.6 is 0 Å². The number of hydrogen-bond acceptors (Lipinski definition) is 1. The summed E-state index contributed by atoms with van der Waals surface area (Å²) in [4.78, 5) is 12.4. The minimum atomic E-state index is 0.227. The van der Waals surface area contributed by atoms with Gasteiger partial charge in [0, 0.05) is 5.92 Å². The summed E-state index contributed by atoms with van der Waals surface area (Å²) in [5, 5.41) is 0. The Labute approximate surface area is 192 Å². The summed E-state index contributed by atoms with van der Waals surface area (Å²) in [6, 6.07) is 0. The molecule has 1 heteroatoms. The molecule has 5 aliphatic carbocycles. The molecule has 0 spiro atoms. The normalized spacial score (nSPS) is 55.7. The molecule has 0 aliphatic heterocycles. The largest absolute Gasteiger partial charge is 0.303 e. The van der Waals surface area contributed by atoms with E-state index in [1.165, 1.54) is 70.5 Å². The van der Waals surface area contributed by atoms with Gasteiger partial charge in [0.2, 0.25) is 0 Å². The third kappa shape index (κ3) is 2.70. The predicted molar refractivity (Wildman–Crippen MR) is 130 cm³/mol. The van der Waals surface area contributed by atoms with E-state index in [0.29, 0.717) is 33.5 Å². The van der Waals surface area contributed by atoms with Crippen molar-refractivity contribution in [3.63, 3.8) is 0 Å². The average molecular weight is 425 g/mol. The van der Waals surface area contributed by atoms with Crippen molar-refractivity contribution in [3.8, 4) is 0 Å². The van der Waals surface area contributed by atoms with Gasteiger partial charge in [-0.2, -0.15) is 0 Å². The summed E-state index contributed by atoms with van der Waals surface area (Å²) in [6.45, 7) is 18.0. The fourth-order valence-electron chi connectivity index (χ4n) is 10.8. The minimum absolute atomic E-state index is 0.227. The van der Waals surface area contributed by atoms with Crippen LogP contribution in [0.3, 0.4) is 0 Å². The van der Waals surface area contributed by atoms with Crippen LogP contribution in [0.25, 0.3) is 0 Å². The molecule has 0 aromatic heterocycles. The first kappa shape index (κ1) is 22.2. The van der Waals surface area contributed by atoms with Gasteiger partial charge in [-0.1, -0.05) is 66.5 Å². The molecular formula is C30H48O. The molecule has 0 heterocycles. The van der Waals surface area contributed by atoms with E-state index in [9.17, 15) is 4.79 Å². The van der Waals surface area contributed by atoms with E-state index in [1.807, 2.05) is 0 Å². The van der Waals surface area contributed by atoms with Gasteiger partial charge in [0.15, 0.2) is 0 Å². The number of carbonyl (C=O) groups excluding carboxylic acids is 1. The van der Waals surface area contributed by atoms with Gasteiger partial charge in [0.1, 0.15) is 6.29 Å². The Bertz CT molecular complexity index is 792. The maximum atomic E-state index is 12.4. The third-order valence-corrected chi connectivity index (χ3v) is 12.9. The molecule has 0 saturated heterocycles. The molecule has 31 heavy (non-hydrogen) atoms. The van der Waals surface area contributed by atoms with Crippen molar-refractivity contribution in [2.75, 3.05) is 0 Å². The lowest BCUT2D eigenvalue weighted by atomic mass is 9.33. The summed E-state index contributed by atoms with van der Waals surface area (Å²) in [7, 11) is 0. The highest BCUT2D eigenvalue weighted by Gasteiger charge is 2.67. The Morgan fingerprint density at radius 1 is 0.871 bits per heavy atom. The second kappa shape index (κ2) is 6.73. The van der Waals surface area contributed by atoms with Crippen LogP contribution < -0.4 is 0 Å². The Hall–Kier alpha value is -0.590. The Kier molecular flexibility index (Phi) is 4.82. The topological polar surface area (TPSA) is 17.1 Å². The van der Waals surface area contributed by atoms with Crippen molar-refractivity contribution < 1.29 is 4.79 Å². The highest BCUT2D eigenvalue weighted by atomic mass is 16.1. The standard InChI is InChI=1S/C30H48O/c1-20-11-15-27(4)17-18-29(6)22(25(27)21(20)19-31)9-10-24-28(5)14-8-13-26(2,3)23(28)12-16-30(24,29)7/h9,19-21,23-25H,8,10-18H2,1-7H3/t20-,21+,23+,24-,25+,27-,28+,29-,30-/m1/s1. The zero-order chi connectivity index (χ0) is 22.4. The van der Waals surface area contributed by atoms with E-state index in [0.717, 1.165) is 11.8 Å². The lowest BCUT2D eigenvalue weighted by Gasteiger charge is -2.71. The molecule has 0 unspecified atom stereocenters. The van der Waals surface area contributed by atoms with E-state index in [2.05, 4.69) is 54.5 Å². The van der Waals surface area contributed by atoms with Gasteiger partial charge in [-0.05, 0) is 109 Å². The highest BCUT2D eigenvalue weighted by molar-refractivity contribution is 5.57. The fourth-order valence-corrected chi connectivity index (χ4v) is 10.8. The summed E-state index contributed by atoms with van der Waals surface area (Å²) in [5.74, 6) is 2.92. The van der Waals surface area contributed by atoms with E-state index in [-0.39, 0.29) is 11.3 Å². The van der Waals surface area contributed by atoms with Gasteiger partial charge in [-0.25, -0.2) is 0 Å². The number of carbonyl (C=O) groups is 1. The zero-order valence-electron chi connectivity index (χ0n) is 21.5. The van der Waals surface area contributed by atoms with Crippen LogP contribution in [0.15, 0.2) is 11.6 Å². The maximum absolute atomic E-state index is 12.4. The van der Waals surface area contributed by atoms with E-state index >= 15 is 0 Å². The number of aldehydes is 1. The molecule has 4 fully saturated rings. The van der Waals surface area contributed by atoms with Crippen molar-refractivity contribution in [1.29, 1.82) is 0 Å². The molecule has 0 amide bonds. The minimum Gasteiger partial charge on any atom is -0.303 e. The molecule has 5 rings (SSSR count). The number of allylic oxidation sites excluding steroid dienone is 2. The fraction of sp³-hybridized carbons (Fsp3) is 0.900. The van der Waals surface area contributed by atoms with Gasteiger partial charge in [-0.3, -0.25) is 0 Å². The van der Waals surface area contributed by atoms with Gasteiger partial charge in [0.05, 0.1) is 0 Å². The summed E-state index contributed by atoms with van der Waals surface area (Å²) in [6.07, 6.45) is 17.6. The number of rotatable bonds is 1. The molecular weight excluding hydrogens is 376 g/mol. The predicted octanol–water partition coefficient (Wildman–Crippen LogP) is 8.23. The molecule has 5 aliphatic rings. The molecule has 0 aromatic rings. The molecule has 0 aromatic carbocycles.